The van der Waals surface area contributed by atoms with Crippen LogP contribution in [0.15, 0.2) is 18.5 Å². The van der Waals surface area contributed by atoms with Crippen LogP contribution in [0, 0.1) is 0 Å². The van der Waals surface area contributed by atoms with Gasteiger partial charge in [0.05, 0.1) is 0 Å². The number of likely N-dealkylation sites (N-methyl/N-ethyl adjacent to an activating group) is 1. The largest absolute Gasteiger partial charge is 0.341 e. The summed E-state index contributed by atoms with van der Waals surface area (Å²) in [5.41, 5.74) is 0. The van der Waals surface area contributed by atoms with Crippen molar-refractivity contribution in [2.75, 3.05) is 7.05 Å². The topological polar surface area (TPSA) is 50.2 Å². The number of piperidine rings is 1. The minimum Gasteiger partial charge on any atom is -0.341 e. The maximum Gasteiger partial charge on any atom is 0.247 e. The molecule has 21 heavy (non-hydrogen) atoms. The molecule has 7 heteroatoms. The average molecular weight is 335 g/mol. The number of amides is 1. The molecular formula is C14H24Cl2N4O. The molecule has 3 unspecified atom stereocenters. The Morgan fingerprint density at radius 3 is 2.48 bits per heavy atom. The van der Waals surface area contributed by atoms with Crippen LogP contribution in [0.1, 0.15) is 38.6 Å². The van der Waals surface area contributed by atoms with Crippen LogP contribution in [0.25, 0.3) is 0 Å². The number of carbonyl (C=O) groups is 1. The molecule has 0 saturated carbocycles. The molecule has 2 fully saturated rings. The molecule has 5 nitrogen and oxygen atoms in total. The maximum atomic E-state index is 12.5. The summed E-state index contributed by atoms with van der Waals surface area (Å²) in [7, 11) is 1.94. The van der Waals surface area contributed by atoms with Crippen molar-refractivity contribution in [1.29, 1.82) is 0 Å². The van der Waals surface area contributed by atoms with Crippen molar-refractivity contribution in [2.45, 2.75) is 56.8 Å². The second-order valence-corrected chi connectivity index (χ2v) is 5.87. The van der Waals surface area contributed by atoms with E-state index in [0.29, 0.717) is 18.1 Å². The van der Waals surface area contributed by atoms with E-state index >= 15 is 0 Å². The predicted octanol–water partition coefficient (Wildman–Crippen LogP) is 2.03. The van der Waals surface area contributed by atoms with Crippen LogP contribution in [-0.2, 0) is 4.79 Å². The highest BCUT2D eigenvalue weighted by atomic mass is 35.5. The first-order valence-corrected chi connectivity index (χ1v) is 7.17. The fraction of sp³-hybridized carbons (Fsp3) is 0.714. The molecule has 2 aliphatic heterocycles. The summed E-state index contributed by atoms with van der Waals surface area (Å²) in [6.07, 6.45) is 8.27. The zero-order chi connectivity index (χ0) is 13.4. The van der Waals surface area contributed by atoms with Gasteiger partial charge >= 0.3 is 0 Å². The summed E-state index contributed by atoms with van der Waals surface area (Å²) in [5, 5.41) is 7.78. The number of aromatic nitrogens is 2. The second-order valence-electron chi connectivity index (χ2n) is 5.87. The number of rotatable bonds is 3. The highest BCUT2D eigenvalue weighted by Gasteiger charge is 2.37. The molecule has 120 valence electrons. The van der Waals surface area contributed by atoms with E-state index in [4.69, 9.17) is 0 Å². The molecule has 0 aliphatic carbocycles. The molecule has 3 heterocycles. The van der Waals surface area contributed by atoms with Crippen LogP contribution in [0.2, 0.25) is 0 Å². The number of halogens is 2. The van der Waals surface area contributed by atoms with Gasteiger partial charge in [0.25, 0.3) is 0 Å². The Balaban J connectivity index is 0.00000110. The second kappa shape index (κ2) is 7.47. The number of fused-ring (bicyclic) bond motifs is 2. The standard InChI is InChI=1S/C14H22N4O.2ClH/c1-10(18-7-3-6-15-18)14(19)17(2)13-8-11-4-5-12(9-13)16-11;;/h3,6-7,10-13,16H,4-5,8-9H2,1-2H3;2*1H. The molecule has 1 amide bonds. The lowest BCUT2D eigenvalue weighted by Crippen LogP contribution is -2.50. The molecule has 3 rings (SSSR count). The van der Waals surface area contributed by atoms with Gasteiger partial charge in [0.2, 0.25) is 5.91 Å². The smallest absolute Gasteiger partial charge is 0.247 e. The Morgan fingerprint density at radius 1 is 1.33 bits per heavy atom. The van der Waals surface area contributed by atoms with Gasteiger partial charge in [-0.05, 0) is 38.7 Å². The zero-order valence-corrected chi connectivity index (χ0v) is 14.1. The van der Waals surface area contributed by atoms with Crippen molar-refractivity contribution >= 4 is 30.7 Å². The van der Waals surface area contributed by atoms with E-state index in [9.17, 15) is 4.79 Å². The molecule has 1 aromatic heterocycles. The van der Waals surface area contributed by atoms with E-state index in [1.54, 1.807) is 10.9 Å². The number of hydrogen-bond donors (Lipinski definition) is 1. The van der Waals surface area contributed by atoms with Crippen LogP contribution in [0.3, 0.4) is 0 Å². The van der Waals surface area contributed by atoms with E-state index in [1.165, 1.54) is 12.8 Å². The summed E-state index contributed by atoms with van der Waals surface area (Å²) in [6.45, 7) is 1.92. The van der Waals surface area contributed by atoms with Crippen LogP contribution in [-0.4, -0.2) is 45.8 Å². The van der Waals surface area contributed by atoms with Gasteiger partial charge < -0.3 is 10.2 Å². The molecule has 1 N–H and O–H groups in total. The van der Waals surface area contributed by atoms with Gasteiger partial charge in [-0.25, -0.2) is 0 Å². The quantitative estimate of drug-likeness (QED) is 0.920. The zero-order valence-electron chi connectivity index (χ0n) is 12.4. The van der Waals surface area contributed by atoms with Crippen LogP contribution in [0.4, 0.5) is 0 Å². The van der Waals surface area contributed by atoms with Gasteiger partial charge in [0, 0.05) is 37.6 Å². The Hall–Kier alpha value is -0.780. The number of nitrogens with one attached hydrogen (secondary N) is 1. The highest BCUT2D eigenvalue weighted by molar-refractivity contribution is 5.85. The fourth-order valence-electron chi connectivity index (χ4n) is 3.44. The van der Waals surface area contributed by atoms with Crippen molar-refractivity contribution in [2.24, 2.45) is 0 Å². The Bertz CT molecular complexity index is 442. The predicted molar refractivity (Wildman–Crippen MR) is 87.2 cm³/mol. The fourth-order valence-corrected chi connectivity index (χ4v) is 3.44. The molecule has 2 aliphatic rings. The lowest BCUT2D eigenvalue weighted by Gasteiger charge is -2.36. The first-order valence-electron chi connectivity index (χ1n) is 7.17. The van der Waals surface area contributed by atoms with Crippen LogP contribution < -0.4 is 5.32 Å². The minimum atomic E-state index is -0.215. The van der Waals surface area contributed by atoms with Gasteiger partial charge in [-0.1, -0.05) is 0 Å². The van der Waals surface area contributed by atoms with E-state index in [2.05, 4.69) is 10.4 Å². The third-order valence-electron chi connectivity index (χ3n) is 4.62. The Morgan fingerprint density at radius 2 is 1.95 bits per heavy atom. The SMILES string of the molecule is CC(C(=O)N(C)C1CC2CCC(C1)N2)n1cccn1.Cl.Cl. The third-order valence-corrected chi connectivity index (χ3v) is 4.62. The van der Waals surface area contributed by atoms with Crippen molar-refractivity contribution in [3.8, 4) is 0 Å². The van der Waals surface area contributed by atoms with E-state index < -0.39 is 0 Å². The van der Waals surface area contributed by atoms with E-state index in [-0.39, 0.29) is 36.8 Å². The van der Waals surface area contributed by atoms with Gasteiger partial charge in [0.15, 0.2) is 0 Å². The molecule has 0 aromatic carbocycles. The van der Waals surface area contributed by atoms with Crippen molar-refractivity contribution in [1.82, 2.24) is 20.0 Å². The molecule has 3 atom stereocenters. The molecule has 1 aromatic rings. The monoisotopic (exact) mass is 334 g/mol. The third kappa shape index (κ3) is 3.71. The van der Waals surface area contributed by atoms with E-state index in [1.807, 2.05) is 31.1 Å². The van der Waals surface area contributed by atoms with Crippen LogP contribution >= 0.6 is 24.8 Å². The molecule has 0 radical (unpaired) electrons. The highest BCUT2D eigenvalue weighted by Crippen LogP contribution is 2.30. The van der Waals surface area contributed by atoms with Gasteiger partial charge in [-0.2, -0.15) is 5.10 Å². The molecule has 2 bridgehead atoms. The van der Waals surface area contributed by atoms with E-state index in [0.717, 1.165) is 12.8 Å². The number of nitrogens with zero attached hydrogens (tertiary/aromatic N) is 3. The summed E-state index contributed by atoms with van der Waals surface area (Å²) >= 11 is 0. The van der Waals surface area contributed by atoms with Gasteiger partial charge in [0.1, 0.15) is 6.04 Å². The van der Waals surface area contributed by atoms with Crippen molar-refractivity contribution in [3.63, 3.8) is 0 Å². The lowest BCUT2D eigenvalue weighted by atomic mass is 9.98. The summed E-state index contributed by atoms with van der Waals surface area (Å²) < 4.78 is 1.73. The lowest BCUT2D eigenvalue weighted by molar-refractivity contribution is -0.136. The summed E-state index contributed by atoms with van der Waals surface area (Å²) in [6, 6.07) is 3.24. The first kappa shape index (κ1) is 18.3. The van der Waals surface area contributed by atoms with Crippen molar-refractivity contribution in [3.05, 3.63) is 18.5 Å². The van der Waals surface area contributed by atoms with Crippen molar-refractivity contribution < 1.29 is 4.79 Å². The molecule has 2 saturated heterocycles. The molecule has 0 spiro atoms. The normalized spacial score (nSPS) is 28.2. The Kier molecular flexibility index (Phi) is 6.50. The Labute approximate surface area is 138 Å². The summed E-state index contributed by atoms with van der Waals surface area (Å²) in [5.74, 6) is 0.162. The van der Waals surface area contributed by atoms with Gasteiger partial charge in [-0.3, -0.25) is 9.48 Å². The van der Waals surface area contributed by atoms with Crippen LogP contribution in [0.5, 0.6) is 0 Å². The summed E-state index contributed by atoms with van der Waals surface area (Å²) in [4.78, 5) is 14.5. The minimum absolute atomic E-state index is 0. The van der Waals surface area contributed by atoms with Gasteiger partial charge in [-0.15, -0.1) is 24.8 Å². The average Bonchev–Trinajstić information content (AvgIpc) is 3.06. The molecular weight excluding hydrogens is 311 g/mol. The number of carbonyl (C=O) groups excluding carboxylic acids is 1. The first-order chi connectivity index (χ1) is 9.15. The maximum absolute atomic E-state index is 12.5. The number of hydrogen-bond acceptors (Lipinski definition) is 3.